The van der Waals surface area contributed by atoms with Crippen molar-refractivity contribution in [2.24, 2.45) is 0 Å². The Kier molecular flexibility index (Phi) is 6.70. The average molecular weight is 430 g/mol. The van der Waals surface area contributed by atoms with Gasteiger partial charge in [-0.25, -0.2) is 8.78 Å². The highest BCUT2D eigenvalue weighted by Crippen LogP contribution is 2.39. The van der Waals surface area contributed by atoms with Gasteiger partial charge in [-0.15, -0.1) is 0 Å². The van der Waals surface area contributed by atoms with Gasteiger partial charge in [0.25, 0.3) is 11.7 Å². The zero-order chi connectivity index (χ0) is 22.7. The molecule has 31 heavy (non-hydrogen) atoms. The first-order valence-electron chi connectivity index (χ1n) is 9.77. The average Bonchev–Trinajstić information content (AvgIpc) is 2.98. The van der Waals surface area contributed by atoms with Gasteiger partial charge >= 0.3 is 0 Å². The van der Waals surface area contributed by atoms with Gasteiger partial charge in [-0.2, -0.15) is 0 Å². The molecule has 1 N–H and O–H groups in total. The fourth-order valence-corrected chi connectivity index (χ4v) is 3.63. The van der Waals surface area contributed by atoms with Gasteiger partial charge in [0.2, 0.25) is 0 Å². The predicted octanol–water partition coefficient (Wildman–Crippen LogP) is 3.35. The molecule has 1 saturated heterocycles. The van der Waals surface area contributed by atoms with Crippen molar-refractivity contribution in [1.82, 2.24) is 9.80 Å². The molecular formula is C23H24F2N2O4. The first kappa shape index (κ1) is 22.4. The van der Waals surface area contributed by atoms with Crippen LogP contribution in [0, 0.1) is 11.6 Å². The van der Waals surface area contributed by atoms with Gasteiger partial charge < -0.3 is 19.6 Å². The highest BCUT2D eigenvalue weighted by atomic mass is 19.1. The lowest BCUT2D eigenvalue weighted by Gasteiger charge is -2.26. The van der Waals surface area contributed by atoms with Crippen molar-refractivity contribution in [1.29, 1.82) is 0 Å². The Balaban J connectivity index is 2.10. The van der Waals surface area contributed by atoms with Crippen LogP contribution in [-0.4, -0.2) is 60.9 Å². The van der Waals surface area contributed by atoms with E-state index in [1.165, 1.54) is 48.4 Å². The number of hydrogen-bond acceptors (Lipinski definition) is 5. The number of aliphatic hydroxyl groups excluding tert-OH is 1. The summed E-state index contributed by atoms with van der Waals surface area (Å²) in [4.78, 5) is 29.0. The number of benzene rings is 2. The Labute approximate surface area is 179 Å². The first-order chi connectivity index (χ1) is 14.7. The number of carbonyl (C=O) groups is 2. The van der Waals surface area contributed by atoms with Crippen molar-refractivity contribution in [3.05, 3.63) is 70.8 Å². The third kappa shape index (κ3) is 4.59. The normalized spacial score (nSPS) is 18.1. The second-order valence-electron chi connectivity index (χ2n) is 7.55. The molecule has 2 aromatic carbocycles. The van der Waals surface area contributed by atoms with Gasteiger partial charge in [0.1, 0.15) is 11.6 Å². The summed E-state index contributed by atoms with van der Waals surface area (Å²) in [5, 5.41) is 10.9. The van der Waals surface area contributed by atoms with Crippen LogP contribution in [0.25, 0.3) is 5.76 Å². The first-order valence-corrected chi connectivity index (χ1v) is 9.77. The maximum Gasteiger partial charge on any atom is 0.295 e. The number of nitrogens with zero attached hydrogens (tertiary/aromatic N) is 2. The van der Waals surface area contributed by atoms with Gasteiger partial charge in [-0.1, -0.05) is 12.1 Å². The number of likely N-dealkylation sites (tertiary alicyclic amines) is 1. The standard InChI is InChI=1S/C23H24F2N2O4/c1-26(2)11-4-12-27-20(14-5-8-16(24)9-6-14)19(22(29)23(27)30)21(28)15-7-10-18(31-3)17(25)13-15/h5-10,13,20,28H,4,11-12H2,1-3H3/t20-/m1/s1. The molecule has 1 aliphatic heterocycles. The zero-order valence-corrected chi connectivity index (χ0v) is 17.6. The van der Waals surface area contributed by atoms with Crippen molar-refractivity contribution in [3.63, 3.8) is 0 Å². The molecule has 0 radical (unpaired) electrons. The monoisotopic (exact) mass is 430 g/mol. The van der Waals surface area contributed by atoms with Crippen LogP contribution in [0.2, 0.25) is 0 Å². The number of hydrogen-bond donors (Lipinski definition) is 1. The minimum absolute atomic E-state index is 0.0178. The van der Waals surface area contributed by atoms with Crippen molar-refractivity contribution in [3.8, 4) is 5.75 Å². The number of aliphatic hydroxyl groups is 1. The number of halogens is 2. The highest BCUT2D eigenvalue weighted by molar-refractivity contribution is 6.46. The Morgan fingerprint density at radius 2 is 1.81 bits per heavy atom. The number of carbonyl (C=O) groups excluding carboxylic acids is 2. The number of ether oxygens (including phenoxy) is 1. The minimum Gasteiger partial charge on any atom is -0.507 e. The number of methoxy groups -OCH3 is 1. The van der Waals surface area contributed by atoms with Crippen LogP contribution in [0.5, 0.6) is 5.75 Å². The lowest BCUT2D eigenvalue weighted by molar-refractivity contribution is -0.139. The third-order valence-corrected chi connectivity index (χ3v) is 5.16. The topological polar surface area (TPSA) is 70.1 Å². The van der Waals surface area contributed by atoms with Crippen molar-refractivity contribution < 1.29 is 28.2 Å². The summed E-state index contributed by atoms with van der Waals surface area (Å²) in [6.45, 7) is 0.946. The molecule has 0 saturated carbocycles. The van der Waals surface area contributed by atoms with E-state index in [0.717, 1.165) is 6.07 Å². The van der Waals surface area contributed by atoms with Crippen molar-refractivity contribution in [2.45, 2.75) is 12.5 Å². The fraction of sp³-hybridized carbons (Fsp3) is 0.304. The Morgan fingerprint density at radius 3 is 2.39 bits per heavy atom. The van der Waals surface area contributed by atoms with Crippen molar-refractivity contribution >= 4 is 17.4 Å². The molecule has 0 unspecified atom stereocenters. The van der Waals surface area contributed by atoms with Crippen LogP contribution in [0.15, 0.2) is 48.0 Å². The molecule has 0 bridgehead atoms. The SMILES string of the molecule is COc1ccc(C(O)=C2C(=O)C(=O)N(CCCN(C)C)[C@@H]2c2ccc(F)cc2)cc1F. The summed E-state index contributed by atoms with van der Waals surface area (Å²) >= 11 is 0. The molecule has 3 rings (SSSR count). The second kappa shape index (κ2) is 9.26. The summed E-state index contributed by atoms with van der Waals surface area (Å²) in [7, 11) is 5.10. The van der Waals surface area contributed by atoms with Gasteiger partial charge in [0, 0.05) is 12.1 Å². The summed E-state index contributed by atoms with van der Waals surface area (Å²) in [6, 6.07) is 8.23. The van der Waals surface area contributed by atoms with Gasteiger partial charge in [-0.3, -0.25) is 9.59 Å². The number of rotatable bonds is 7. The zero-order valence-electron chi connectivity index (χ0n) is 17.6. The molecule has 1 atom stereocenters. The van der Waals surface area contributed by atoms with Crippen LogP contribution >= 0.6 is 0 Å². The predicted molar refractivity (Wildman–Crippen MR) is 112 cm³/mol. The molecule has 8 heteroatoms. The molecule has 1 heterocycles. The van der Waals surface area contributed by atoms with Crippen LogP contribution in [0.1, 0.15) is 23.6 Å². The lowest BCUT2D eigenvalue weighted by Crippen LogP contribution is -2.32. The molecule has 0 spiro atoms. The number of amides is 1. The third-order valence-electron chi connectivity index (χ3n) is 5.16. The lowest BCUT2D eigenvalue weighted by atomic mass is 9.95. The Morgan fingerprint density at radius 1 is 1.13 bits per heavy atom. The van der Waals surface area contributed by atoms with E-state index in [-0.39, 0.29) is 23.4 Å². The molecule has 0 aromatic heterocycles. The molecular weight excluding hydrogens is 406 g/mol. The summed E-state index contributed by atoms with van der Waals surface area (Å²) in [6.07, 6.45) is 0.592. The summed E-state index contributed by atoms with van der Waals surface area (Å²) in [5.74, 6) is -3.33. The van der Waals surface area contributed by atoms with Crippen LogP contribution in [0.4, 0.5) is 8.78 Å². The number of ketones is 1. The van der Waals surface area contributed by atoms with E-state index < -0.39 is 35.1 Å². The Bertz CT molecular complexity index is 1020. The van der Waals surface area contributed by atoms with E-state index in [0.29, 0.717) is 18.5 Å². The molecule has 1 fully saturated rings. The quantitative estimate of drug-likeness (QED) is 0.415. The van der Waals surface area contributed by atoms with Crippen LogP contribution in [0.3, 0.4) is 0 Å². The summed E-state index contributed by atoms with van der Waals surface area (Å²) < 4.78 is 32.6. The maximum atomic E-state index is 14.2. The van der Waals surface area contributed by atoms with E-state index in [1.54, 1.807) is 0 Å². The number of Topliss-reactive ketones (excluding diaryl/α,β-unsaturated/α-hetero) is 1. The molecule has 1 aliphatic rings. The van der Waals surface area contributed by atoms with Crippen LogP contribution in [-0.2, 0) is 9.59 Å². The van der Waals surface area contributed by atoms with Gasteiger partial charge in [0.15, 0.2) is 11.6 Å². The van der Waals surface area contributed by atoms with E-state index in [9.17, 15) is 23.5 Å². The van der Waals surface area contributed by atoms with E-state index >= 15 is 0 Å². The molecule has 0 aliphatic carbocycles. The van der Waals surface area contributed by atoms with E-state index in [1.807, 2.05) is 19.0 Å². The highest BCUT2D eigenvalue weighted by Gasteiger charge is 2.45. The fourth-order valence-electron chi connectivity index (χ4n) is 3.63. The van der Waals surface area contributed by atoms with E-state index in [2.05, 4.69) is 0 Å². The van der Waals surface area contributed by atoms with Gasteiger partial charge in [0.05, 0.1) is 18.7 Å². The summed E-state index contributed by atoms with van der Waals surface area (Å²) in [5.41, 5.74) is 0.351. The molecule has 164 valence electrons. The maximum absolute atomic E-state index is 14.2. The molecule has 6 nitrogen and oxygen atoms in total. The second-order valence-corrected chi connectivity index (χ2v) is 7.55. The molecule has 2 aromatic rings. The van der Waals surface area contributed by atoms with Crippen LogP contribution < -0.4 is 4.74 Å². The minimum atomic E-state index is -0.909. The van der Waals surface area contributed by atoms with E-state index in [4.69, 9.17) is 4.74 Å². The van der Waals surface area contributed by atoms with Crippen molar-refractivity contribution in [2.75, 3.05) is 34.3 Å². The smallest absolute Gasteiger partial charge is 0.295 e. The molecule has 1 amide bonds. The largest absolute Gasteiger partial charge is 0.507 e. The Hall–Kier alpha value is -3.26. The van der Waals surface area contributed by atoms with Gasteiger partial charge in [-0.05, 0) is 63.0 Å².